The van der Waals surface area contributed by atoms with E-state index in [1.54, 1.807) is 24.3 Å². The quantitative estimate of drug-likeness (QED) is 0.335. The van der Waals surface area contributed by atoms with E-state index < -0.39 is 6.03 Å². The molecule has 0 unspecified atom stereocenters. The van der Waals surface area contributed by atoms with Gasteiger partial charge in [0.2, 0.25) is 11.9 Å². The highest BCUT2D eigenvalue weighted by Crippen LogP contribution is 2.26. The van der Waals surface area contributed by atoms with E-state index in [2.05, 4.69) is 39.6 Å². The number of amides is 3. The van der Waals surface area contributed by atoms with Crippen LogP contribution < -0.4 is 25.8 Å². The van der Waals surface area contributed by atoms with Crippen molar-refractivity contribution in [1.82, 2.24) is 25.2 Å². The van der Waals surface area contributed by atoms with E-state index in [1.807, 2.05) is 43.3 Å². The molecule has 2 aromatic carbocycles. The largest absolute Gasteiger partial charge is 0.377 e. The molecule has 13 heteroatoms. The van der Waals surface area contributed by atoms with Gasteiger partial charge < -0.3 is 40.1 Å². The summed E-state index contributed by atoms with van der Waals surface area (Å²) in [5, 5.41) is 8.53. The lowest BCUT2D eigenvalue weighted by Gasteiger charge is -2.36. The number of rotatable bonds is 9. The maximum Gasteiger partial charge on any atom is 0.323 e. The SMILES string of the molecule is C[C@@H]1COCCN1c1nc(-c2ccc(NC(=O)Nc3ccc(C(=O)NCCN(C)C)cc3)cc2)nc(N2CCOC[C@@H]2C)n1. The van der Waals surface area contributed by atoms with Crippen molar-refractivity contribution < 1.29 is 19.1 Å². The van der Waals surface area contributed by atoms with E-state index >= 15 is 0 Å². The zero-order valence-electron chi connectivity index (χ0n) is 25.7. The zero-order valence-corrected chi connectivity index (χ0v) is 25.7. The predicted molar refractivity (Wildman–Crippen MR) is 170 cm³/mol. The molecule has 2 fully saturated rings. The second-order valence-corrected chi connectivity index (χ2v) is 11.3. The summed E-state index contributed by atoms with van der Waals surface area (Å²) in [4.78, 5) is 45.9. The predicted octanol–water partition coefficient (Wildman–Crippen LogP) is 2.92. The minimum absolute atomic E-state index is 0.139. The van der Waals surface area contributed by atoms with Crippen molar-refractivity contribution in [2.45, 2.75) is 25.9 Å². The van der Waals surface area contributed by atoms with Crippen LogP contribution in [0.1, 0.15) is 24.2 Å². The Labute approximate surface area is 258 Å². The highest BCUT2D eigenvalue weighted by molar-refractivity contribution is 6.00. The van der Waals surface area contributed by atoms with Crippen molar-refractivity contribution in [3.8, 4) is 11.4 Å². The lowest BCUT2D eigenvalue weighted by molar-refractivity contribution is 0.0950. The van der Waals surface area contributed by atoms with E-state index in [0.717, 1.165) is 12.1 Å². The average Bonchev–Trinajstić information content (AvgIpc) is 3.02. The van der Waals surface area contributed by atoms with Gasteiger partial charge in [-0.15, -0.1) is 0 Å². The number of urea groups is 1. The van der Waals surface area contributed by atoms with Gasteiger partial charge in [0.25, 0.3) is 5.91 Å². The van der Waals surface area contributed by atoms with Crippen molar-refractivity contribution in [2.24, 2.45) is 0 Å². The molecule has 2 atom stereocenters. The Morgan fingerprint density at radius 2 is 1.34 bits per heavy atom. The Bertz CT molecular complexity index is 1380. The van der Waals surface area contributed by atoms with Crippen LogP contribution >= 0.6 is 0 Å². The minimum atomic E-state index is -0.395. The number of nitrogens with zero attached hydrogens (tertiary/aromatic N) is 6. The van der Waals surface area contributed by atoms with Gasteiger partial charge in [-0.05, 0) is 76.5 Å². The second kappa shape index (κ2) is 14.4. The van der Waals surface area contributed by atoms with Gasteiger partial charge in [0.1, 0.15) is 0 Å². The Balaban J connectivity index is 1.25. The van der Waals surface area contributed by atoms with E-state index in [9.17, 15) is 9.59 Å². The zero-order chi connectivity index (χ0) is 31.1. The van der Waals surface area contributed by atoms with Gasteiger partial charge in [0, 0.05) is 48.7 Å². The van der Waals surface area contributed by atoms with Crippen LogP contribution in [0.5, 0.6) is 0 Å². The van der Waals surface area contributed by atoms with Crippen molar-refractivity contribution in [2.75, 3.05) is 87.1 Å². The fourth-order valence-corrected chi connectivity index (χ4v) is 4.98. The first kappa shape index (κ1) is 31.1. The summed E-state index contributed by atoms with van der Waals surface area (Å²) in [6.07, 6.45) is 0. The summed E-state index contributed by atoms with van der Waals surface area (Å²) >= 11 is 0. The standard InChI is InChI=1S/C31H41N9O4/c1-21-19-43-17-15-39(21)29-35-27(36-30(37-29)40-16-18-44-20-22(40)2)23-5-9-25(10-6-23)33-31(42)34-26-11-7-24(8-12-26)28(41)32-13-14-38(3)4/h5-12,21-22H,13-20H2,1-4H3,(H,32,41)(H2,33,34,42)/t21-,22+. The third kappa shape index (κ3) is 7.98. The van der Waals surface area contributed by atoms with Crippen LogP contribution in [0.15, 0.2) is 48.5 Å². The molecule has 3 N–H and O–H groups in total. The monoisotopic (exact) mass is 603 g/mol. The van der Waals surface area contributed by atoms with Crippen LogP contribution in [-0.4, -0.2) is 111 Å². The van der Waals surface area contributed by atoms with Gasteiger partial charge in [-0.2, -0.15) is 15.0 Å². The molecule has 5 rings (SSSR count). The summed E-state index contributed by atoms with van der Waals surface area (Å²) < 4.78 is 11.3. The molecule has 3 heterocycles. The van der Waals surface area contributed by atoms with Gasteiger partial charge in [0.05, 0.1) is 38.5 Å². The number of anilines is 4. The van der Waals surface area contributed by atoms with Crippen LogP contribution in [0.25, 0.3) is 11.4 Å². The summed E-state index contributed by atoms with van der Waals surface area (Å²) in [5.41, 5.74) is 2.52. The Morgan fingerprint density at radius 3 is 1.84 bits per heavy atom. The highest BCUT2D eigenvalue weighted by Gasteiger charge is 2.27. The van der Waals surface area contributed by atoms with Crippen molar-refractivity contribution in [1.29, 1.82) is 0 Å². The van der Waals surface area contributed by atoms with Crippen LogP contribution in [-0.2, 0) is 9.47 Å². The number of ether oxygens (including phenoxy) is 2. The molecule has 2 saturated heterocycles. The summed E-state index contributed by atoms with van der Waals surface area (Å²) in [6, 6.07) is 14.0. The molecule has 2 aliphatic heterocycles. The van der Waals surface area contributed by atoms with Crippen molar-refractivity contribution >= 4 is 35.2 Å². The van der Waals surface area contributed by atoms with Gasteiger partial charge in [0.15, 0.2) is 5.82 Å². The summed E-state index contributed by atoms with van der Waals surface area (Å²) in [5.74, 6) is 1.65. The molecule has 13 nitrogen and oxygen atoms in total. The Morgan fingerprint density at radius 1 is 0.818 bits per heavy atom. The number of morpholine rings is 2. The minimum Gasteiger partial charge on any atom is -0.377 e. The molecule has 0 bridgehead atoms. The van der Waals surface area contributed by atoms with Crippen LogP contribution in [0.4, 0.5) is 28.1 Å². The maximum absolute atomic E-state index is 12.7. The smallest absolute Gasteiger partial charge is 0.323 e. The number of carbonyl (C=O) groups is 2. The molecule has 44 heavy (non-hydrogen) atoms. The second-order valence-electron chi connectivity index (χ2n) is 11.3. The lowest BCUT2D eigenvalue weighted by Crippen LogP contribution is -2.46. The fraction of sp³-hybridized carbons (Fsp3) is 0.452. The van der Waals surface area contributed by atoms with Gasteiger partial charge in [-0.3, -0.25) is 4.79 Å². The molecule has 0 saturated carbocycles. The normalized spacial score (nSPS) is 18.7. The van der Waals surface area contributed by atoms with E-state index in [1.165, 1.54) is 0 Å². The van der Waals surface area contributed by atoms with Crippen LogP contribution in [0.2, 0.25) is 0 Å². The number of likely N-dealkylation sites (N-methyl/N-ethyl adjacent to an activating group) is 1. The summed E-state index contributed by atoms with van der Waals surface area (Å²) in [6.45, 7) is 9.39. The number of aromatic nitrogens is 3. The fourth-order valence-electron chi connectivity index (χ4n) is 4.98. The number of hydrogen-bond donors (Lipinski definition) is 3. The van der Waals surface area contributed by atoms with Gasteiger partial charge in [-0.1, -0.05) is 0 Å². The summed E-state index contributed by atoms with van der Waals surface area (Å²) in [7, 11) is 3.90. The van der Waals surface area contributed by atoms with Gasteiger partial charge in [-0.25, -0.2) is 4.79 Å². The maximum atomic E-state index is 12.7. The third-order valence-corrected chi connectivity index (χ3v) is 7.51. The van der Waals surface area contributed by atoms with Crippen LogP contribution in [0, 0.1) is 0 Å². The molecule has 0 radical (unpaired) electrons. The van der Waals surface area contributed by atoms with Gasteiger partial charge >= 0.3 is 6.03 Å². The average molecular weight is 604 g/mol. The lowest BCUT2D eigenvalue weighted by atomic mass is 10.2. The topological polar surface area (TPSA) is 137 Å². The number of carbonyl (C=O) groups excluding carboxylic acids is 2. The molecular formula is C31H41N9O4. The van der Waals surface area contributed by atoms with Crippen molar-refractivity contribution in [3.05, 3.63) is 54.1 Å². The Kier molecular flexibility index (Phi) is 10.2. The Hall–Kier alpha value is -4.33. The first-order valence-corrected chi connectivity index (χ1v) is 14.9. The first-order chi connectivity index (χ1) is 21.3. The highest BCUT2D eigenvalue weighted by atomic mass is 16.5. The molecular weight excluding hydrogens is 562 g/mol. The van der Waals surface area contributed by atoms with E-state index in [0.29, 0.717) is 80.7 Å². The molecule has 234 valence electrons. The van der Waals surface area contributed by atoms with Crippen molar-refractivity contribution in [3.63, 3.8) is 0 Å². The number of benzene rings is 2. The third-order valence-electron chi connectivity index (χ3n) is 7.51. The molecule has 2 aliphatic rings. The molecule has 0 aliphatic carbocycles. The number of nitrogens with one attached hydrogen (secondary N) is 3. The van der Waals surface area contributed by atoms with E-state index in [4.69, 9.17) is 24.4 Å². The first-order valence-electron chi connectivity index (χ1n) is 14.9. The molecule has 1 aromatic heterocycles. The van der Waals surface area contributed by atoms with Crippen LogP contribution in [0.3, 0.4) is 0 Å². The molecule has 3 amide bonds. The number of hydrogen-bond acceptors (Lipinski definition) is 10. The molecule has 3 aromatic rings. The molecule has 0 spiro atoms. The van der Waals surface area contributed by atoms with E-state index in [-0.39, 0.29) is 18.0 Å².